The summed E-state index contributed by atoms with van der Waals surface area (Å²) in [7, 11) is 1.21. The van der Waals surface area contributed by atoms with Crippen molar-refractivity contribution in [3.05, 3.63) is 11.8 Å². The predicted octanol–water partition coefficient (Wildman–Crippen LogP) is -2.22. The van der Waals surface area contributed by atoms with Crippen LogP contribution in [-0.2, 0) is 33.3 Å². The fourth-order valence-electron chi connectivity index (χ4n) is 3.78. The minimum Gasteiger partial charge on any atom is -0.471 e. The molecule has 0 aromatic carbocycles. The molecule has 2 fully saturated rings. The highest BCUT2D eigenvalue weighted by Gasteiger charge is 2.51. The summed E-state index contributed by atoms with van der Waals surface area (Å²) in [6, 6.07) is 0. The maximum atomic E-state index is 12.0. The average Bonchev–Trinajstić information content (AvgIpc) is 2.67. The summed E-state index contributed by atoms with van der Waals surface area (Å²) in [6.45, 7) is 1.00. The molecule has 3 heterocycles. The number of hydrogen-bond acceptors (Lipinski definition) is 11. The van der Waals surface area contributed by atoms with Crippen molar-refractivity contribution in [1.82, 2.24) is 0 Å². The van der Waals surface area contributed by atoms with Crippen LogP contribution in [0, 0.1) is 11.8 Å². The molecule has 158 valence electrons. The molecule has 2 saturated heterocycles. The Kier molecular flexibility index (Phi) is 6.22. The summed E-state index contributed by atoms with van der Waals surface area (Å²) < 4.78 is 26.5. The topological polar surface area (TPSA) is 161 Å². The highest BCUT2D eigenvalue weighted by Crippen LogP contribution is 2.41. The van der Waals surface area contributed by atoms with Gasteiger partial charge in [0.25, 0.3) is 0 Å². The van der Waals surface area contributed by atoms with Gasteiger partial charge in [-0.3, -0.25) is 4.79 Å². The molecular weight excluding hydrogens is 380 g/mol. The molecule has 3 rings (SSSR count). The van der Waals surface area contributed by atoms with Gasteiger partial charge in [0.2, 0.25) is 6.29 Å². The highest BCUT2D eigenvalue weighted by molar-refractivity contribution is 5.90. The third kappa shape index (κ3) is 3.73. The number of aliphatic hydroxyl groups excluding tert-OH is 4. The van der Waals surface area contributed by atoms with E-state index in [4.69, 9.17) is 23.7 Å². The fraction of sp³-hybridized carbons (Fsp3) is 0.765. The molecule has 0 saturated carbocycles. The van der Waals surface area contributed by atoms with Crippen LogP contribution in [0.3, 0.4) is 0 Å². The largest absolute Gasteiger partial charge is 0.471 e. The van der Waals surface area contributed by atoms with Gasteiger partial charge >= 0.3 is 11.9 Å². The molecule has 11 heteroatoms. The van der Waals surface area contributed by atoms with E-state index in [0.29, 0.717) is 0 Å². The van der Waals surface area contributed by atoms with Crippen LogP contribution < -0.4 is 0 Å². The number of fused-ring (bicyclic) bond motifs is 1. The zero-order valence-electron chi connectivity index (χ0n) is 15.3. The molecule has 3 aliphatic heterocycles. The Balaban J connectivity index is 1.82. The standard InChI is InChI=1S/C17H24O11/c1-6-11-7(3-10(19)26-6)8(15(23)24-2)5-25-16(11)28-17-14(22)13(21)12(20)9(4-18)27-17/h5-7,9,11-14,16-18,20-22H,3-4H2,1-2H3/t6-,7+,9+,11-,12+,13-,14+,16-,17-/m0/s1. The number of esters is 2. The monoisotopic (exact) mass is 404 g/mol. The lowest BCUT2D eigenvalue weighted by Crippen LogP contribution is -2.61. The third-order valence-corrected chi connectivity index (χ3v) is 5.29. The molecule has 0 aromatic heterocycles. The van der Waals surface area contributed by atoms with E-state index in [9.17, 15) is 30.0 Å². The van der Waals surface area contributed by atoms with Crippen LogP contribution in [0.2, 0.25) is 0 Å². The zero-order chi connectivity index (χ0) is 20.6. The number of cyclic esters (lactones) is 1. The van der Waals surface area contributed by atoms with Gasteiger partial charge in [-0.1, -0.05) is 0 Å². The van der Waals surface area contributed by atoms with Crippen molar-refractivity contribution in [2.45, 2.75) is 56.4 Å². The SMILES string of the molecule is COC(=O)C1=CO[C@@H](O[C@@H]2O[C@H](CO)[C@@H](O)[C@H](O)[C@H]2O)[C@H]2[C@H](C)OC(=O)C[C@H]12. The van der Waals surface area contributed by atoms with Crippen molar-refractivity contribution in [2.24, 2.45) is 11.8 Å². The minimum absolute atomic E-state index is 0.0894. The van der Waals surface area contributed by atoms with E-state index >= 15 is 0 Å². The zero-order valence-corrected chi connectivity index (χ0v) is 15.3. The molecule has 28 heavy (non-hydrogen) atoms. The number of aliphatic hydroxyl groups is 4. The number of carbonyl (C=O) groups is 2. The quantitative estimate of drug-likeness (QED) is 0.376. The van der Waals surface area contributed by atoms with Crippen LogP contribution in [-0.4, -0.2) is 89.2 Å². The molecule has 11 nitrogen and oxygen atoms in total. The second kappa shape index (κ2) is 8.31. The van der Waals surface area contributed by atoms with Crippen molar-refractivity contribution in [2.75, 3.05) is 13.7 Å². The number of methoxy groups -OCH3 is 1. The normalized spacial score (nSPS) is 43.3. The van der Waals surface area contributed by atoms with Gasteiger partial charge in [-0.15, -0.1) is 0 Å². The predicted molar refractivity (Wildman–Crippen MR) is 87.0 cm³/mol. The van der Waals surface area contributed by atoms with Crippen LogP contribution in [0.4, 0.5) is 0 Å². The van der Waals surface area contributed by atoms with E-state index in [1.54, 1.807) is 6.92 Å². The summed E-state index contributed by atoms with van der Waals surface area (Å²) in [5.74, 6) is -2.36. The van der Waals surface area contributed by atoms with Gasteiger partial charge in [-0.25, -0.2) is 4.79 Å². The van der Waals surface area contributed by atoms with Crippen LogP contribution in [0.25, 0.3) is 0 Å². The molecule has 3 aliphatic rings. The van der Waals surface area contributed by atoms with Gasteiger partial charge in [0.1, 0.15) is 30.5 Å². The first-order valence-corrected chi connectivity index (χ1v) is 8.87. The molecule has 0 aliphatic carbocycles. The van der Waals surface area contributed by atoms with Crippen LogP contribution >= 0.6 is 0 Å². The summed E-state index contributed by atoms with van der Waals surface area (Å²) >= 11 is 0. The Morgan fingerprint density at radius 2 is 1.93 bits per heavy atom. The summed E-state index contributed by atoms with van der Waals surface area (Å²) in [6.07, 6.45) is -8.08. The Hall–Kier alpha value is -1.76. The lowest BCUT2D eigenvalue weighted by molar-refractivity contribution is -0.346. The Morgan fingerprint density at radius 1 is 1.21 bits per heavy atom. The first-order valence-electron chi connectivity index (χ1n) is 8.87. The lowest BCUT2D eigenvalue weighted by Gasteiger charge is -2.45. The van der Waals surface area contributed by atoms with E-state index in [2.05, 4.69) is 0 Å². The van der Waals surface area contributed by atoms with Crippen LogP contribution in [0.15, 0.2) is 11.8 Å². The molecule has 0 radical (unpaired) electrons. The van der Waals surface area contributed by atoms with E-state index < -0.39 is 73.5 Å². The number of carbonyl (C=O) groups excluding carboxylic acids is 2. The Labute approximate surface area is 160 Å². The first-order chi connectivity index (χ1) is 13.3. The average molecular weight is 404 g/mol. The van der Waals surface area contributed by atoms with Gasteiger partial charge in [0.15, 0.2) is 6.29 Å². The molecule has 0 spiro atoms. The summed E-state index contributed by atoms with van der Waals surface area (Å²) in [4.78, 5) is 23.9. The van der Waals surface area contributed by atoms with Crippen molar-refractivity contribution in [1.29, 1.82) is 0 Å². The van der Waals surface area contributed by atoms with Gasteiger partial charge in [-0.05, 0) is 6.92 Å². The summed E-state index contributed by atoms with van der Waals surface area (Å²) in [5.41, 5.74) is 0.157. The number of hydrogen-bond donors (Lipinski definition) is 4. The second-order valence-electron chi connectivity index (χ2n) is 6.99. The van der Waals surface area contributed by atoms with Gasteiger partial charge in [0.05, 0.1) is 37.9 Å². The van der Waals surface area contributed by atoms with E-state index in [-0.39, 0.29) is 12.0 Å². The lowest BCUT2D eigenvalue weighted by atomic mass is 9.77. The molecule has 0 amide bonds. The minimum atomic E-state index is -1.62. The molecule has 9 atom stereocenters. The maximum absolute atomic E-state index is 12.0. The summed E-state index contributed by atoms with van der Waals surface area (Å²) in [5, 5.41) is 39.2. The molecule has 4 N–H and O–H groups in total. The fourth-order valence-corrected chi connectivity index (χ4v) is 3.78. The van der Waals surface area contributed by atoms with Gasteiger partial charge in [-0.2, -0.15) is 0 Å². The van der Waals surface area contributed by atoms with Crippen LogP contribution in [0.5, 0.6) is 0 Å². The van der Waals surface area contributed by atoms with E-state index in [1.165, 1.54) is 7.11 Å². The van der Waals surface area contributed by atoms with Crippen molar-refractivity contribution < 1.29 is 53.7 Å². The Morgan fingerprint density at radius 3 is 2.57 bits per heavy atom. The molecule has 0 bridgehead atoms. The van der Waals surface area contributed by atoms with Gasteiger partial charge in [0, 0.05) is 5.92 Å². The smallest absolute Gasteiger partial charge is 0.337 e. The first kappa shape index (κ1) is 21.0. The van der Waals surface area contributed by atoms with Crippen molar-refractivity contribution in [3.63, 3.8) is 0 Å². The van der Waals surface area contributed by atoms with E-state index in [0.717, 1.165) is 6.26 Å². The van der Waals surface area contributed by atoms with Crippen LogP contribution in [0.1, 0.15) is 13.3 Å². The number of rotatable bonds is 4. The molecule has 0 unspecified atom stereocenters. The van der Waals surface area contributed by atoms with Gasteiger partial charge < -0.3 is 44.1 Å². The maximum Gasteiger partial charge on any atom is 0.337 e. The molecular formula is C17H24O11. The third-order valence-electron chi connectivity index (χ3n) is 5.29. The van der Waals surface area contributed by atoms with Crippen molar-refractivity contribution in [3.8, 4) is 0 Å². The highest BCUT2D eigenvalue weighted by atomic mass is 16.8. The second-order valence-corrected chi connectivity index (χ2v) is 6.99. The Bertz CT molecular complexity index is 633. The van der Waals surface area contributed by atoms with Crippen molar-refractivity contribution >= 4 is 11.9 Å². The molecule has 0 aromatic rings. The number of ether oxygens (including phenoxy) is 5. The van der Waals surface area contributed by atoms with E-state index in [1.807, 2.05) is 0 Å².